The number of hydrogen-bond donors (Lipinski definition) is 2. The van der Waals surface area contributed by atoms with E-state index in [0.29, 0.717) is 12.8 Å². The van der Waals surface area contributed by atoms with E-state index in [0.717, 1.165) is 36.4 Å². The fraction of sp³-hybridized carbons (Fsp3) is 0.278. The summed E-state index contributed by atoms with van der Waals surface area (Å²) in [5, 5.41) is 4.91. The van der Waals surface area contributed by atoms with Crippen LogP contribution in [0.5, 0.6) is 0 Å². The molecule has 2 aromatic carbocycles. The summed E-state index contributed by atoms with van der Waals surface area (Å²) in [5.74, 6) is -0.490. The van der Waals surface area contributed by atoms with Crippen LogP contribution in [0.2, 0.25) is 0 Å². The number of carbonyl (C=O) groups is 1. The zero-order valence-corrected chi connectivity index (χ0v) is 13.7. The highest BCUT2D eigenvalue weighted by Gasteiger charge is 2.35. The lowest BCUT2D eigenvalue weighted by Gasteiger charge is -2.17. The number of nitrogens with one attached hydrogen (secondary N) is 2. The van der Waals surface area contributed by atoms with E-state index in [9.17, 15) is 31.1 Å². The van der Waals surface area contributed by atoms with Gasteiger partial charge in [0.15, 0.2) is 0 Å². The van der Waals surface area contributed by atoms with Crippen molar-refractivity contribution in [2.75, 3.05) is 10.6 Å². The predicted molar refractivity (Wildman–Crippen MR) is 87.5 cm³/mol. The van der Waals surface area contributed by atoms with E-state index >= 15 is 0 Å². The molecule has 1 saturated carbocycles. The molecular weight excluding hydrogens is 374 g/mol. The molecule has 1 amide bonds. The number of benzene rings is 2. The van der Waals surface area contributed by atoms with Crippen molar-refractivity contribution in [1.29, 1.82) is 0 Å². The van der Waals surface area contributed by atoms with E-state index in [1.165, 1.54) is 6.07 Å². The van der Waals surface area contributed by atoms with E-state index < -0.39 is 23.5 Å². The molecule has 1 fully saturated rings. The Labute approximate surface area is 150 Å². The van der Waals surface area contributed by atoms with Crippen molar-refractivity contribution in [1.82, 2.24) is 0 Å². The number of anilines is 3. The highest BCUT2D eigenvalue weighted by atomic mass is 19.4. The molecule has 0 heterocycles. The summed E-state index contributed by atoms with van der Waals surface area (Å²) in [6, 6.07) is 6.88. The van der Waals surface area contributed by atoms with Gasteiger partial charge >= 0.3 is 12.4 Å². The molecule has 0 unspecified atom stereocenters. The van der Waals surface area contributed by atoms with Crippen molar-refractivity contribution in [2.24, 2.45) is 5.92 Å². The van der Waals surface area contributed by atoms with Crippen molar-refractivity contribution in [3.63, 3.8) is 0 Å². The fourth-order valence-corrected chi connectivity index (χ4v) is 2.45. The minimum Gasteiger partial charge on any atom is -0.355 e. The third-order valence-corrected chi connectivity index (χ3v) is 4.03. The lowest BCUT2D eigenvalue weighted by molar-refractivity contribution is -0.138. The Kier molecular flexibility index (Phi) is 4.79. The van der Waals surface area contributed by atoms with E-state index in [1.807, 2.05) is 0 Å². The van der Waals surface area contributed by atoms with Gasteiger partial charge in [-0.25, -0.2) is 0 Å². The average molecular weight is 388 g/mol. The van der Waals surface area contributed by atoms with Crippen LogP contribution >= 0.6 is 0 Å². The Bertz CT molecular complexity index is 838. The minimum absolute atomic E-state index is 0.0113. The molecule has 0 saturated heterocycles. The van der Waals surface area contributed by atoms with Gasteiger partial charge in [-0.1, -0.05) is 0 Å². The summed E-state index contributed by atoms with van der Waals surface area (Å²) in [4.78, 5) is 11.7. The van der Waals surface area contributed by atoms with Crippen LogP contribution in [-0.2, 0) is 17.1 Å². The first-order chi connectivity index (χ1) is 12.5. The number of halogens is 6. The molecule has 2 aromatic rings. The molecule has 0 aliphatic heterocycles. The monoisotopic (exact) mass is 388 g/mol. The second-order valence-corrected chi connectivity index (χ2v) is 6.22. The molecule has 0 spiro atoms. The summed E-state index contributed by atoms with van der Waals surface area (Å²) in [7, 11) is 0. The van der Waals surface area contributed by atoms with Gasteiger partial charge in [0.25, 0.3) is 0 Å². The van der Waals surface area contributed by atoms with Crippen molar-refractivity contribution in [3.8, 4) is 0 Å². The van der Waals surface area contributed by atoms with E-state index in [2.05, 4.69) is 10.6 Å². The summed E-state index contributed by atoms with van der Waals surface area (Å²) in [5.41, 5.74) is -2.18. The molecule has 144 valence electrons. The van der Waals surface area contributed by atoms with E-state index in [-0.39, 0.29) is 28.9 Å². The summed E-state index contributed by atoms with van der Waals surface area (Å²) >= 11 is 0. The quantitative estimate of drug-likeness (QED) is 0.649. The average Bonchev–Trinajstić information content (AvgIpc) is 3.40. The van der Waals surface area contributed by atoms with Crippen LogP contribution in [-0.4, -0.2) is 5.91 Å². The van der Waals surface area contributed by atoms with Gasteiger partial charge < -0.3 is 10.6 Å². The zero-order chi connectivity index (χ0) is 19.8. The number of amides is 1. The molecular formula is C18H14F6N2O. The predicted octanol–water partition coefficient (Wildman–Crippen LogP) is 5.82. The lowest BCUT2D eigenvalue weighted by atomic mass is 10.1. The van der Waals surface area contributed by atoms with Crippen LogP contribution in [0.4, 0.5) is 43.4 Å². The maximum atomic E-state index is 13.4. The standard InChI is InChI=1S/C18H14F6N2O/c19-17(20,21)11-3-5-12(6-4-11)25-15-8-7-13(9-14(15)18(22,23)24)26-16(27)10-1-2-10/h3-10,25H,1-2H2,(H,26,27). The second kappa shape index (κ2) is 6.79. The molecule has 27 heavy (non-hydrogen) atoms. The molecule has 2 N–H and O–H groups in total. The van der Waals surface area contributed by atoms with Crippen LogP contribution < -0.4 is 10.6 Å². The SMILES string of the molecule is O=C(Nc1ccc(Nc2ccc(C(F)(F)F)cc2)c(C(F)(F)F)c1)C1CC1. The van der Waals surface area contributed by atoms with Crippen molar-refractivity contribution < 1.29 is 31.1 Å². The first-order valence-electron chi connectivity index (χ1n) is 8.00. The number of hydrogen-bond acceptors (Lipinski definition) is 2. The molecule has 1 aliphatic carbocycles. The van der Waals surface area contributed by atoms with E-state index in [1.54, 1.807) is 0 Å². The van der Waals surface area contributed by atoms with Gasteiger partial charge in [-0.2, -0.15) is 26.3 Å². The molecule has 1 aliphatic rings. The number of alkyl halides is 6. The van der Waals surface area contributed by atoms with Gasteiger partial charge in [-0.3, -0.25) is 4.79 Å². The summed E-state index contributed by atoms with van der Waals surface area (Å²) < 4.78 is 77.8. The van der Waals surface area contributed by atoms with Crippen LogP contribution in [0.25, 0.3) is 0 Å². The molecule has 0 atom stereocenters. The lowest BCUT2D eigenvalue weighted by Crippen LogP contribution is -2.15. The normalized spacial score (nSPS) is 14.7. The molecule has 9 heteroatoms. The fourth-order valence-electron chi connectivity index (χ4n) is 2.45. The first-order valence-corrected chi connectivity index (χ1v) is 8.00. The van der Waals surface area contributed by atoms with Gasteiger partial charge in [0, 0.05) is 17.3 Å². The maximum absolute atomic E-state index is 13.4. The largest absolute Gasteiger partial charge is 0.418 e. The molecule has 0 aromatic heterocycles. The Morgan fingerprint density at radius 2 is 1.44 bits per heavy atom. The molecule has 0 radical (unpaired) electrons. The van der Waals surface area contributed by atoms with Crippen LogP contribution in [0.3, 0.4) is 0 Å². The zero-order valence-electron chi connectivity index (χ0n) is 13.7. The van der Waals surface area contributed by atoms with Gasteiger partial charge in [0.1, 0.15) is 0 Å². The van der Waals surface area contributed by atoms with E-state index in [4.69, 9.17) is 0 Å². The Morgan fingerprint density at radius 1 is 0.852 bits per heavy atom. The highest BCUT2D eigenvalue weighted by molar-refractivity contribution is 5.94. The smallest absolute Gasteiger partial charge is 0.355 e. The van der Waals surface area contributed by atoms with Crippen LogP contribution in [0.1, 0.15) is 24.0 Å². The van der Waals surface area contributed by atoms with Gasteiger partial charge in [-0.05, 0) is 55.3 Å². The second-order valence-electron chi connectivity index (χ2n) is 6.22. The Morgan fingerprint density at radius 3 is 1.96 bits per heavy atom. The first kappa shape index (κ1) is 19.1. The van der Waals surface area contributed by atoms with Crippen molar-refractivity contribution in [3.05, 3.63) is 53.6 Å². The van der Waals surface area contributed by atoms with Crippen LogP contribution in [0, 0.1) is 5.92 Å². The maximum Gasteiger partial charge on any atom is 0.418 e. The summed E-state index contributed by atoms with van der Waals surface area (Å²) in [6.07, 6.45) is -7.82. The van der Waals surface area contributed by atoms with Gasteiger partial charge in [0.2, 0.25) is 5.91 Å². The topological polar surface area (TPSA) is 41.1 Å². The minimum atomic E-state index is -4.71. The Balaban J connectivity index is 1.84. The van der Waals surface area contributed by atoms with Crippen molar-refractivity contribution in [2.45, 2.75) is 25.2 Å². The molecule has 0 bridgehead atoms. The molecule has 3 nitrogen and oxygen atoms in total. The number of carbonyl (C=O) groups excluding carboxylic acids is 1. The highest BCUT2D eigenvalue weighted by Crippen LogP contribution is 2.39. The third-order valence-electron chi connectivity index (χ3n) is 4.03. The third kappa shape index (κ3) is 4.72. The van der Waals surface area contributed by atoms with Crippen molar-refractivity contribution >= 4 is 23.0 Å². The van der Waals surface area contributed by atoms with Gasteiger partial charge in [0.05, 0.1) is 16.8 Å². The summed E-state index contributed by atoms with van der Waals surface area (Å²) in [6.45, 7) is 0. The van der Waals surface area contributed by atoms with Gasteiger partial charge in [-0.15, -0.1) is 0 Å². The Hall–Kier alpha value is -2.71. The number of rotatable bonds is 4. The van der Waals surface area contributed by atoms with Crippen LogP contribution in [0.15, 0.2) is 42.5 Å². The molecule has 3 rings (SSSR count).